The lowest BCUT2D eigenvalue weighted by molar-refractivity contribution is -0.150. The summed E-state index contributed by atoms with van der Waals surface area (Å²) in [6.45, 7) is 7.84. The average Bonchev–Trinajstić information content (AvgIpc) is 2.70. The van der Waals surface area contributed by atoms with Gasteiger partial charge in [0.05, 0.1) is 11.2 Å². The lowest BCUT2D eigenvalue weighted by Crippen LogP contribution is -2.54. The van der Waals surface area contributed by atoms with Gasteiger partial charge in [-0.2, -0.15) is 0 Å². The van der Waals surface area contributed by atoms with Crippen LogP contribution in [0.2, 0.25) is 0 Å². The Morgan fingerprint density at radius 2 is 2.37 bits per heavy atom. The van der Waals surface area contributed by atoms with Gasteiger partial charge in [-0.15, -0.1) is 11.3 Å². The number of rotatable bonds is 4. The highest BCUT2D eigenvalue weighted by Gasteiger charge is 2.42. The number of hydrogen-bond acceptors (Lipinski definition) is 4. The van der Waals surface area contributed by atoms with E-state index in [-0.39, 0.29) is 11.5 Å². The number of carboxylic acid groups (broad SMARTS) is 1. The third kappa shape index (κ3) is 3.15. The molecule has 0 saturated carbocycles. The average molecular weight is 282 g/mol. The van der Waals surface area contributed by atoms with Crippen LogP contribution in [-0.2, 0) is 11.2 Å². The van der Waals surface area contributed by atoms with Gasteiger partial charge in [0, 0.05) is 11.4 Å². The number of aromatic nitrogens is 1. The molecule has 2 heterocycles. The van der Waals surface area contributed by atoms with E-state index in [9.17, 15) is 9.90 Å². The Morgan fingerprint density at radius 3 is 2.95 bits per heavy atom. The Balaban J connectivity index is 2.05. The minimum atomic E-state index is -0.689. The molecular formula is C14H22N2O2S. The van der Waals surface area contributed by atoms with Crippen molar-refractivity contribution in [3.05, 3.63) is 16.1 Å². The van der Waals surface area contributed by atoms with Crippen molar-refractivity contribution in [2.24, 2.45) is 5.41 Å². The summed E-state index contributed by atoms with van der Waals surface area (Å²) in [5.41, 5.74) is 2.79. The van der Waals surface area contributed by atoms with Crippen molar-refractivity contribution in [3.8, 4) is 0 Å². The third-order valence-corrected chi connectivity index (χ3v) is 5.07. The zero-order chi connectivity index (χ0) is 14.0. The fraction of sp³-hybridized carbons (Fsp3) is 0.714. The molecule has 1 aromatic heterocycles. The molecule has 0 aromatic carbocycles. The quantitative estimate of drug-likeness (QED) is 0.922. The SMILES string of the molecule is Cc1ncsc1CCN1CCCC(C)(C)C1C(=O)O. The maximum Gasteiger partial charge on any atom is 0.321 e. The van der Waals surface area contributed by atoms with Gasteiger partial charge >= 0.3 is 5.97 Å². The number of likely N-dealkylation sites (tertiary alicyclic amines) is 1. The summed E-state index contributed by atoms with van der Waals surface area (Å²) in [4.78, 5) is 19.2. The van der Waals surface area contributed by atoms with Crippen molar-refractivity contribution in [2.75, 3.05) is 13.1 Å². The Morgan fingerprint density at radius 1 is 1.63 bits per heavy atom. The van der Waals surface area contributed by atoms with Crippen molar-refractivity contribution < 1.29 is 9.90 Å². The van der Waals surface area contributed by atoms with E-state index in [1.54, 1.807) is 11.3 Å². The molecule has 0 aliphatic carbocycles. The standard InChI is InChI=1S/C14H22N2O2S/c1-10-11(19-9-15-10)5-8-16-7-4-6-14(2,3)12(16)13(17)18/h9,12H,4-8H2,1-3H3,(H,17,18). The largest absolute Gasteiger partial charge is 0.480 e. The zero-order valence-corrected chi connectivity index (χ0v) is 12.7. The maximum atomic E-state index is 11.6. The molecule has 4 nitrogen and oxygen atoms in total. The lowest BCUT2D eigenvalue weighted by atomic mass is 9.76. The molecular weight excluding hydrogens is 260 g/mol. The second-order valence-corrected chi connectivity index (χ2v) is 6.92. The Bertz CT molecular complexity index is 456. The van der Waals surface area contributed by atoms with Crippen LogP contribution in [0.5, 0.6) is 0 Å². The summed E-state index contributed by atoms with van der Waals surface area (Å²) in [7, 11) is 0. The summed E-state index contributed by atoms with van der Waals surface area (Å²) in [6.07, 6.45) is 2.97. The predicted molar refractivity (Wildman–Crippen MR) is 76.6 cm³/mol. The van der Waals surface area contributed by atoms with Crippen LogP contribution in [0.15, 0.2) is 5.51 Å². The molecule has 1 aliphatic rings. The predicted octanol–water partition coefficient (Wildman–Crippen LogP) is 2.57. The molecule has 1 fully saturated rings. The summed E-state index contributed by atoms with van der Waals surface area (Å²) < 4.78 is 0. The Kier molecular flexibility index (Phi) is 4.26. The molecule has 106 valence electrons. The molecule has 1 N–H and O–H groups in total. The molecule has 0 bridgehead atoms. The normalized spacial score (nSPS) is 23.4. The zero-order valence-electron chi connectivity index (χ0n) is 11.8. The van der Waals surface area contributed by atoms with Crippen LogP contribution >= 0.6 is 11.3 Å². The number of aryl methyl sites for hydroxylation is 1. The van der Waals surface area contributed by atoms with Gasteiger partial charge in [-0.3, -0.25) is 9.69 Å². The first-order valence-electron chi connectivity index (χ1n) is 6.77. The van der Waals surface area contributed by atoms with Crippen molar-refractivity contribution >= 4 is 17.3 Å². The smallest absolute Gasteiger partial charge is 0.321 e. The highest BCUT2D eigenvalue weighted by Crippen LogP contribution is 2.35. The van der Waals surface area contributed by atoms with Crippen molar-refractivity contribution in [2.45, 2.75) is 46.1 Å². The molecule has 19 heavy (non-hydrogen) atoms. The summed E-state index contributed by atoms with van der Waals surface area (Å²) >= 11 is 1.66. The number of carbonyl (C=O) groups is 1. The lowest BCUT2D eigenvalue weighted by Gasteiger charge is -2.44. The van der Waals surface area contributed by atoms with Crippen LogP contribution in [-0.4, -0.2) is 40.1 Å². The molecule has 1 aromatic rings. The number of hydrogen-bond donors (Lipinski definition) is 1. The van der Waals surface area contributed by atoms with Crippen LogP contribution in [0.1, 0.15) is 37.3 Å². The molecule has 1 saturated heterocycles. The molecule has 0 radical (unpaired) electrons. The highest BCUT2D eigenvalue weighted by atomic mass is 32.1. The van der Waals surface area contributed by atoms with Gasteiger partial charge in [-0.1, -0.05) is 13.8 Å². The van der Waals surface area contributed by atoms with Gasteiger partial charge in [-0.05, 0) is 38.1 Å². The van der Waals surface area contributed by atoms with E-state index in [0.717, 1.165) is 38.0 Å². The molecule has 0 spiro atoms. The van der Waals surface area contributed by atoms with Gasteiger partial charge in [0.25, 0.3) is 0 Å². The van der Waals surface area contributed by atoms with Gasteiger partial charge in [0.1, 0.15) is 6.04 Å². The van der Waals surface area contributed by atoms with E-state index in [4.69, 9.17) is 0 Å². The van der Waals surface area contributed by atoms with Crippen molar-refractivity contribution in [1.29, 1.82) is 0 Å². The molecule has 1 unspecified atom stereocenters. The van der Waals surface area contributed by atoms with Crippen LogP contribution < -0.4 is 0 Å². The summed E-state index contributed by atoms with van der Waals surface area (Å²) in [5, 5.41) is 9.50. The number of carboxylic acids is 1. The van der Waals surface area contributed by atoms with E-state index in [2.05, 4.69) is 23.7 Å². The summed E-state index contributed by atoms with van der Waals surface area (Å²) in [6, 6.07) is -0.366. The number of nitrogens with zero attached hydrogens (tertiary/aromatic N) is 2. The topological polar surface area (TPSA) is 53.4 Å². The van der Waals surface area contributed by atoms with Gasteiger partial charge < -0.3 is 5.11 Å². The number of thiazole rings is 1. The van der Waals surface area contributed by atoms with E-state index >= 15 is 0 Å². The first-order valence-corrected chi connectivity index (χ1v) is 7.65. The minimum Gasteiger partial charge on any atom is -0.480 e. The van der Waals surface area contributed by atoms with Crippen LogP contribution in [0, 0.1) is 12.3 Å². The van der Waals surface area contributed by atoms with Crippen LogP contribution in [0.4, 0.5) is 0 Å². The van der Waals surface area contributed by atoms with Crippen LogP contribution in [0.3, 0.4) is 0 Å². The Labute approximate surface area is 118 Å². The second kappa shape index (κ2) is 5.59. The molecule has 0 amide bonds. The summed E-state index contributed by atoms with van der Waals surface area (Å²) in [5.74, 6) is -0.689. The first-order chi connectivity index (χ1) is 8.92. The minimum absolute atomic E-state index is 0.146. The van der Waals surface area contributed by atoms with E-state index in [1.165, 1.54) is 4.88 Å². The maximum absolute atomic E-state index is 11.6. The molecule has 1 aliphatic heterocycles. The monoisotopic (exact) mass is 282 g/mol. The number of aliphatic carboxylic acids is 1. The Hall–Kier alpha value is -0.940. The highest BCUT2D eigenvalue weighted by molar-refractivity contribution is 7.09. The van der Waals surface area contributed by atoms with E-state index in [1.807, 2.05) is 12.4 Å². The molecule has 1 atom stereocenters. The first kappa shape index (κ1) is 14.5. The van der Waals surface area contributed by atoms with Gasteiger partial charge in [-0.25, -0.2) is 4.98 Å². The molecule has 2 rings (SSSR count). The van der Waals surface area contributed by atoms with Crippen molar-refractivity contribution in [1.82, 2.24) is 9.88 Å². The van der Waals surface area contributed by atoms with E-state index < -0.39 is 5.97 Å². The van der Waals surface area contributed by atoms with Gasteiger partial charge in [0.2, 0.25) is 0 Å². The van der Waals surface area contributed by atoms with E-state index in [0.29, 0.717) is 0 Å². The fourth-order valence-corrected chi connectivity index (χ4v) is 3.81. The number of piperidine rings is 1. The fourth-order valence-electron chi connectivity index (χ4n) is 3.04. The van der Waals surface area contributed by atoms with Crippen LogP contribution in [0.25, 0.3) is 0 Å². The molecule has 5 heteroatoms. The second-order valence-electron chi connectivity index (χ2n) is 5.98. The third-order valence-electron chi connectivity index (χ3n) is 4.08. The van der Waals surface area contributed by atoms with Crippen molar-refractivity contribution in [3.63, 3.8) is 0 Å². The van der Waals surface area contributed by atoms with Gasteiger partial charge in [0.15, 0.2) is 0 Å².